The van der Waals surface area contributed by atoms with Gasteiger partial charge in [-0.25, -0.2) is 13.2 Å². The minimum absolute atomic E-state index is 0.0907. The molecule has 8 heteroatoms. The number of esters is 1. The summed E-state index contributed by atoms with van der Waals surface area (Å²) in [6.07, 6.45) is 0. The van der Waals surface area contributed by atoms with Crippen molar-refractivity contribution in [3.8, 4) is 0 Å². The normalized spacial score (nSPS) is 11.1. The molecule has 3 aromatic rings. The molecule has 0 radical (unpaired) electrons. The maximum absolute atomic E-state index is 13.6. The van der Waals surface area contributed by atoms with E-state index in [1.807, 2.05) is 26.8 Å². The number of aryl methyl sites for hydroxylation is 4. The highest BCUT2D eigenvalue weighted by atomic mass is 32.2. The first-order chi connectivity index (χ1) is 16.0. The Balaban J connectivity index is 1.97. The number of amides is 1. The minimum Gasteiger partial charge on any atom is -0.465 e. The van der Waals surface area contributed by atoms with Crippen molar-refractivity contribution in [2.45, 2.75) is 32.6 Å². The van der Waals surface area contributed by atoms with Crippen LogP contribution in [0.1, 0.15) is 32.6 Å². The number of nitrogens with zero attached hydrogens (tertiary/aromatic N) is 1. The third-order valence-electron chi connectivity index (χ3n) is 5.61. The maximum atomic E-state index is 13.6. The molecule has 0 unspecified atom stereocenters. The van der Waals surface area contributed by atoms with E-state index in [1.54, 1.807) is 43.3 Å². The Morgan fingerprint density at radius 2 is 1.50 bits per heavy atom. The number of methoxy groups -OCH3 is 1. The van der Waals surface area contributed by atoms with Crippen LogP contribution in [0.5, 0.6) is 0 Å². The Kier molecular flexibility index (Phi) is 7.41. The molecule has 3 aromatic carbocycles. The van der Waals surface area contributed by atoms with Gasteiger partial charge in [-0.2, -0.15) is 0 Å². The van der Waals surface area contributed by atoms with E-state index in [9.17, 15) is 18.0 Å². The number of rotatable bonds is 7. The molecule has 0 fully saturated rings. The van der Waals surface area contributed by atoms with Crippen LogP contribution in [0.4, 0.5) is 11.4 Å². The average Bonchev–Trinajstić information content (AvgIpc) is 2.80. The molecule has 34 heavy (non-hydrogen) atoms. The van der Waals surface area contributed by atoms with Gasteiger partial charge >= 0.3 is 5.97 Å². The highest BCUT2D eigenvalue weighted by molar-refractivity contribution is 7.92. The molecule has 0 saturated carbocycles. The molecule has 0 heterocycles. The number of hydrogen-bond donors (Lipinski definition) is 1. The van der Waals surface area contributed by atoms with Gasteiger partial charge in [0.15, 0.2) is 0 Å². The molecule has 0 aromatic heterocycles. The largest absolute Gasteiger partial charge is 0.465 e. The van der Waals surface area contributed by atoms with E-state index >= 15 is 0 Å². The van der Waals surface area contributed by atoms with Crippen molar-refractivity contribution in [2.24, 2.45) is 0 Å². The van der Waals surface area contributed by atoms with Crippen molar-refractivity contribution in [1.82, 2.24) is 0 Å². The first-order valence-electron chi connectivity index (χ1n) is 10.7. The summed E-state index contributed by atoms with van der Waals surface area (Å²) in [4.78, 5) is 25.0. The van der Waals surface area contributed by atoms with Crippen LogP contribution in [-0.2, 0) is 19.6 Å². The number of hydrogen-bond acceptors (Lipinski definition) is 5. The first-order valence-corrected chi connectivity index (χ1v) is 12.1. The lowest BCUT2D eigenvalue weighted by Crippen LogP contribution is -2.38. The van der Waals surface area contributed by atoms with E-state index in [0.29, 0.717) is 11.4 Å². The Labute approximate surface area is 200 Å². The SMILES string of the molecule is COC(=O)c1ccc(C)c(NC(=O)CN(c2ccc(C)c(C)c2)S(=O)(=O)c2ccc(C)cc2)c1. The van der Waals surface area contributed by atoms with Gasteiger partial charge in [0.25, 0.3) is 10.0 Å². The molecule has 7 nitrogen and oxygen atoms in total. The summed E-state index contributed by atoms with van der Waals surface area (Å²) in [5.41, 5.74) is 4.64. The van der Waals surface area contributed by atoms with E-state index < -0.39 is 28.4 Å². The summed E-state index contributed by atoms with van der Waals surface area (Å²) in [6.45, 7) is 7.02. The standard InChI is InChI=1S/C26H28N2O5S/c1-17-6-12-23(13-7-17)34(31,32)28(22-11-9-18(2)20(4)14-22)16-25(29)27-24-15-21(26(30)33-5)10-8-19(24)3/h6-15H,16H2,1-5H3,(H,27,29). The second-order valence-corrected chi connectivity index (χ2v) is 10.0. The molecule has 0 aliphatic rings. The first kappa shape index (κ1) is 25.0. The van der Waals surface area contributed by atoms with Crippen LogP contribution in [0.2, 0.25) is 0 Å². The lowest BCUT2D eigenvalue weighted by molar-refractivity contribution is -0.114. The van der Waals surface area contributed by atoms with Crippen LogP contribution >= 0.6 is 0 Å². The predicted molar refractivity (Wildman–Crippen MR) is 133 cm³/mol. The number of benzene rings is 3. The Morgan fingerprint density at radius 3 is 2.12 bits per heavy atom. The van der Waals surface area contributed by atoms with Gasteiger partial charge in [-0.05, 0) is 80.8 Å². The van der Waals surface area contributed by atoms with Crippen molar-refractivity contribution in [3.63, 3.8) is 0 Å². The third-order valence-corrected chi connectivity index (χ3v) is 7.40. The lowest BCUT2D eigenvalue weighted by Gasteiger charge is -2.25. The molecule has 0 spiro atoms. The van der Waals surface area contributed by atoms with Crippen molar-refractivity contribution in [3.05, 3.63) is 88.5 Å². The molecule has 3 rings (SSSR count). The van der Waals surface area contributed by atoms with Gasteiger partial charge in [0.1, 0.15) is 6.54 Å². The lowest BCUT2D eigenvalue weighted by atomic mass is 10.1. The molecule has 0 aliphatic heterocycles. The molecule has 0 atom stereocenters. The highest BCUT2D eigenvalue weighted by Crippen LogP contribution is 2.26. The van der Waals surface area contributed by atoms with Crippen LogP contribution in [0.25, 0.3) is 0 Å². The Morgan fingerprint density at radius 1 is 0.853 bits per heavy atom. The molecular formula is C26H28N2O5S. The van der Waals surface area contributed by atoms with Crippen LogP contribution in [-0.4, -0.2) is 33.9 Å². The van der Waals surface area contributed by atoms with E-state index in [-0.39, 0.29) is 10.5 Å². The van der Waals surface area contributed by atoms with Gasteiger partial charge in [-0.3, -0.25) is 9.10 Å². The Hall–Kier alpha value is -3.65. The number of anilines is 2. The Bertz CT molecular complexity index is 1330. The summed E-state index contributed by atoms with van der Waals surface area (Å²) in [5, 5.41) is 2.74. The molecule has 0 aliphatic carbocycles. The zero-order chi connectivity index (χ0) is 25.0. The fraction of sp³-hybridized carbons (Fsp3) is 0.231. The summed E-state index contributed by atoms with van der Waals surface area (Å²) in [6, 6.07) is 16.5. The molecule has 178 valence electrons. The summed E-state index contributed by atoms with van der Waals surface area (Å²) < 4.78 is 33.0. The zero-order valence-electron chi connectivity index (χ0n) is 19.9. The van der Waals surface area contributed by atoms with Crippen LogP contribution in [0.3, 0.4) is 0 Å². The molecule has 1 amide bonds. The fourth-order valence-electron chi connectivity index (χ4n) is 3.35. The number of nitrogens with one attached hydrogen (secondary N) is 1. The number of sulfonamides is 1. The van der Waals surface area contributed by atoms with Crippen molar-refractivity contribution < 1.29 is 22.7 Å². The van der Waals surface area contributed by atoms with E-state index in [0.717, 1.165) is 26.6 Å². The average molecular weight is 481 g/mol. The van der Waals surface area contributed by atoms with E-state index in [4.69, 9.17) is 4.74 Å². The number of carbonyl (C=O) groups is 2. The number of carbonyl (C=O) groups excluding carboxylic acids is 2. The molecule has 0 bridgehead atoms. The smallest absolute Gasteiger partial charge is 0.337 e. The highest BCUT2D eigenvalue weighted by Gasteiger charge is 2.27. The van der Waals surface area contributed by atoms with Crippen LogP contribution < -0.4 is 9.62 Å². The molecule has 1 N–H and O–H groups in total. The van der Waals surface area contributed by atoms with Gasteiger partial charge in [0.05, 0.1) is 23.3 Å². The van der Waals surface area contributed by atoms with Gasteiger partial charge in [-0.15, -0.1) is 0 Å². The summed E-state index contributed by atoms with van der Waals surface area (Å²) in [7, 11) is -2.75. The second kappa shape index (κ2) is 10.1. The van der Waals surface area contributed by atoms with E-state index in [2.05, 4.69) is 5.32 Å². The topological polar surface area (TPSA) is 92.8 Å². The second-order valence-electron chi connectivity index (χ2n) is 8.16. The summed E-state index contributed by atoms with van der Waals surface area (Å²) >= 11 is 0. The van der Waals surface area contributed by atoms with Crippen molar-refractivity contribution >= 4 is 33.3 Å². The fourth-order valence-corrected chi connectivity index (χ4v) is 4.77. The monoisotopic (exact) mass is 480 g/mol. The van der Waals surface area contributed by atoms with Crippen LogP contribution in [0, 0.1) is 27.7 Å². The van der Waals surface area contributed by atoms with Gasteiger partial charge < -0.3 is 10.1 Å². The minimum atomic E-state index is -4.03. The van der Waals surface area contributed by atoms with E-state index in [1.165, 1.54) is 25.3 Å². The quantitative estimate of drug-likeness (QED) is 0.501. The third kappa shape index (κ3) is 5.46. The zero-order valence-corrected chi connectivity index (χ0v) is 20.7. The maximum Gasteiger partial charge on any atom is 0.337 e. The van der Waals surface area contributed by atoms with Gasteiger partial charge in [0.2, 0.25) is 5.91 Å². The molecule has 0 saturated heterocycles. The van der Waals surface area contributed by atoms with Gasteiger partial charge in [-0.1, -0.05) is 29.8 Å². The number of ether oxygens (including phenoxy) is 1. The van der Waals surface area contributed by atoms with Gasteiger partial charge in [0, 0.05) is 5.69 Å². The van der Waals surface area contributed by atoms with Crippen molar-refractivity contribution in [1.29, 1.82) is 0 Å². The van der Waals surface area contributed by atoms with Crippen molar-refractivity contribution in [2.75, 3.05) is 23.3 Å². The van der Waals surface area contributed by atoms with Crippen LogP contribution in [0.15, 0.2) is 65.6 Å². The molecular weight excluding hydrogens is 452 g/mol. The summed E-state index contributed by atoms with van der Waals surface area (Å²) in [5.74, 6) is -1.08. The predicted octanol–water partition coefficient (Wildman–Crippen LogP) is 4.54.